The summed E-state index contributed by atoms with van der Waals surface area (Å²) in [6.07, 6.45) is -0.00712. The molecule has 0 aliphatic heterocycles. The van der Waals surface area contributed by atoms with Gasteiger partial charge in [0.15, 0.2) is 0 Å². The first-order valence-electron chi connectivity index (χ1n) is 6.37. The van der Waals surface area contributed by atoms with Crippen LogP contribution in [-0.4, -0.2) is 32.0 Å². The molecule has 0 aromatic carbocycles. The number of rotatable bonds is 6. The van der Waals surface area contributed by atoms with Gasteiger partial charge < -0.3 is 10.1 Å². The number of ether oxygens (including phenoxy) is 1. The fourth-order valence-corrected chi connectivity index (χ4v) is 2.23. The highest BCUT2D eigenvalue weighted by atomic mass is 19.4. The van der Waals surface area contributed by atoms with E-state index in [9.17, 15) is 13.2 Å². The van der Waals surface area contributed by atoms with Gasteiger partial charge in [-0.25, -0.2) is 0 Å². The minimum absolute atomic E-state index is 0.231. The van der Waals surface area contributed by atoms with Gasteiger partial charge in [0.05, 0.1) is 19.6 Å². The van der Waals surface area contributed by atoms with Crippen LogP contribution in [0, 0.1) is 5.92 Å². The van der Waals surface area contributed by atoms with Crippen LogP contribution < -0.4 is 5.32 Å². The van der Waals surface area contributed by atoms with Crippen LogP contribution in [0.5, 0.6) is 0 Å². The van der Waals surface area contributed by atoms with Crippen molar-refractivity contribution in [3.8, 4) is 0 Å². The summed E-state index contributed by atoms with van der Waals surface area (Å²) in [6.45, 7) is 3.00. The van der Waals surface area contributed by atoms with E-state index in [1.807, 2.05) is 0 Å². The van der Waals surface area contributed by atoms with Gasteiger partial charge in [0.2, 0.25) is 0 Å². The molecule has 0 aromatic rings. The first-order valence-corrected chi connectivity index (χ1v) is 6.37. The molecule has 2 nitrogen and oxygen atoms in total. The van der Waals surface area contributed by atoms with Gasteiger partial charge in [-0.3, -0.25) is 0 Å². The number of nitrogens with one attached hydrogen (secondary N) is 1. The lowest BCUT2D eigenvalue weighted by Gasteiger charge is -2.29. The number of alkyl halides is 3. The molecule has 0 aromatic heterocycles. The van der Waals surface area contributed by atoms with E-state index >= 15 is 0 Å². The summed E-state index contributed by atoms with van der Waals surface area (Å²) in [5.74, 6) is 0.666. The fraction of sp³-hybridized carbons (Fsp3) is 1.00. The van der Waals surface area contributed by atoms with Gasteiger partial charge in [0.1, 0.15) is 0 Å². The van der Waals surface area contributed by atoms with E-state index in [2.05, 4.69) is 12.2 Å². The second-order valence-electron chi connectivity index (χ2n) is 4.80. The quantitative estimate of drug-likeness (QED) is 0.734. The Morgan fingerprint density at radius 1 is 1.18 bits per heavy atom. The predicted molar refractivity (Wildman–Crippen MR) is 60.9 cm³/mol. The predicted octanol–water partition coefficient (Wildman–Crippen LogP) is 3.12. The second kappa shape index (κ2) is 7.21. The third-order valence-electron chi connectivity index (χ3n) is 3.29. The summed E-state index contributed by atoms with van der Waals surface area (Å²) in [5.41, 5.74) is 0. The summed E-state index contributed by atoms with van der Waals surface area (Å²) in [4.78, 5) is 0. The van der Waals surface area contributed by atoms with Crippen LogP contribution in [0.15, 0.2) is 0 Å². The molecule has 1 fully saturated rings. The van der Waals surface area contributed by atoms with Crippen molar-refractivity contribution in [2.45, 2.75) is 51.2 Å². The van der Waals surface area contributed by atoms with Crippen molar-refractivity contribution in [2.24, 2.45) is 5.92 Å². The normalized spacial score (nSPS) is 26.1. The molecule has 0 amide bonds. The van der Waals surface area contributed by atoms with Crippen LogP contribution in [0.3, 0.4) is 0 Å². The average Bonchev–Trinajstić information content (AvgIpc) is 2.24. The molecule has 0 heterocycles. The standard InChI is InChI=1S/C12H22F3NO/c1-10-4-2-3-5-11(10)16-7-9-17-8-6-12(13,14)15/h10-11,16H,2-9H2,1H3. The largest absolute Gasteiger partial charge is 0.391 e. The van der Waals surface area contributed by atoms with Crippen molar-refractivity contribution in [1.82, 2.24) is 5.32 Å². The first kappa shape index (κ1) is 14.8. The molecular formula is C12H22F3NO. The molecule has 17 heavy (non-hydrogen) atoms. The minimum Gasteiger partial charge on any atom is -0.380 e. The van der Waals surface area contributed by atoms with E-state index in [1.165, 1.54) is 25.7 Å². The van der Waals surface area contributed by atoms with Crippen molar-refractivity contribution < 1.29 is 17.9 Å². The Kier molecular flexibility index (Phi) is 6.27. The Morgan fingerprint density at radius 3 is 2.53 bits per heavy atom. The van der Waals surface area contributed by atoms with Crippen LogP contribution in [-0.2, 0) is 4.74 Å². The van der Waals surface area contributed by atoms with Gasteiger partial charge in [-0.15, -0.1) is 0 Å². The topological polar surface area (TPSA) is 21.3 Å². The van der Waals surface area contributed by atoms with Crippen molar-refractivity contribution in [2.75, 3.05) is 19.8 Å². The molecule has 1 aliphatic carbocycles. The van der Waals surface area contributed by atoms with Gasteiger partial charge in [-0.1, -0.05) is 19.8 Å². The van der Waals surface area contributed by atoms with Crippen molar-refractivity contribution in [1.29, 1.82) is 0 Å². The SMILES string of the molecule is CC1CCCCC1NCCOCCC(F)(F)F. The van der Waals surface area contributed by atoms with E-state index in [0.717, 1.165) is 0 Å². The summed E-state index contributed by atoms with van der Waals surface area (Å²) in [7, 11) is 0. The van der Waals surface area contributed by atoms with Gasteiger partial charge in [0.25, 0.3) is 0 Å². The van der Waals surface area contributed by atoms with Crippen LogP contribution in [0.25, 0.3) is 0 Å². The molecule has 1 N–H and O–H groups in total. The van der Waals surface area contributed by atoms with Gasteiger partial charge in [-0.05, 0) is 18.8 Å². The molecule has 0 bridgehead atoms. The molecule has 2 unspecified atom stereocenters. The maximum Gasteiger partial charge on any atom is 0.391 e. The molecule has 2 atom stereocenters. The zero-order chi connectivity index (χ0) is 12.7. The lowest BCUT2D eigenvalue weighted by atomic mass is 9.86. The minimum atomic E-state index is -4.11. The fourth-order valence-electron chi connectivity index (χ4n) is 2.23. The molecule has 0 saturated heterocycles. The number of hydrogen-bond donors (Lipinski definition) is 1. The summed E-state index contributed by atoms with van der Waals surface area (Å²) < 4.78 is 40.4. The van der Waals surface area contributed by atoms with Gasteiger partial charge >= 0.3 is 6.18 Å². The van der Waals surface area contributed by atoms with Crippen LogP contribution in [0.1, 0.15) is 39.0 Å². The first-order chi connectivity index (χ1) is 7.99. The molecule has 1 saturated carbocycles. The summed E-state index contributed by atoms with van der Waals surface area (Å²) >= 11 is 0. The second-order valence-corrected chi connectivity index (χ2v) is 4.80. The zero-order valence-electron chi connectivity index (χ0n) is 10.4. The Labute approximate surface area is 101 Å². The molecule has 0 radical (unpaired) electrons. The average molecular weight is 253 g/mol. The molecule has 102 valence electrons. The van der Waals surface area contributed by atoms with E-state index < -0.39 is 12.6 Å². The van der Waals surface area contributed by atoms with Crippen molar-refractivity contribution >= 4 is 0 Å². The van der Waals surface area contributed by atoms with Crippen molar-refractivity contribution in [3.05, 3.63) is 0 Å². The zero-order valence-corrected chi connectivity index (χ0v) is 10.4. The Bertz CT molecular complexity index is 208. The molecule has 5 heteroatoms. The van der Waals surface area contributed by atoms with E-state index in [4.69, 9.17) is 4.74 Å². The molecule has 0 spiro atoms. The highest BCUT2D eigenvalue weighted by molar-refractivity contribution is 4.77. The van der Waals surface area contributed by atoms with Crippen LogP contribution >= 0.6 is 0 Å². The lowest BCUT2D eigenvalue weighted by molar-refractivity contribution is -0.145. The molecule has 1 rings (SSSR count). The Hall–Kier alpha value is -0.290. The maximum absolute atomic E-state index is 11.8. The monoisotopic (exact) mass is 253 g/mol. The maximum atomic E-state index is 11.8. The highest BCUT2D eigenvalue weighted by Gasteiger charge is 2.26. The molecule has 1 aliphatic rings. The van der Waals surface area contributed by atoms with E-state index in [1.54, 1.807) is 0 Å². The molecular weight excluding hydrogens is 231 g/mol. The van der Waals surface area contributed by atoms with Crippen LogP contribution in [0.4, 0.5) is 13.2 Å². The van der Waals surface area contributed by atoms with E-state index in [-0.39, 0.29) is 6.61 Å². The van der Waals surface area contributed by atoms with Crippen molar-refractivity contribution in [3.63, 3.8) is 0 Å². The summed E-state index contributed by atoms with van der Waals surface area (Å²) in [6, 6.07) is 0.509. The smallest absolute Gasteiger partial charge is 0.380 e. The van der Waals surface area contributed by atoms with E-state index in [0.29, 0.717) is 25.1 Å². The van der Waals surface area contributed by atoms with Crippen LogP contribution in [0.2, 0.25) is 0 Å². The Morgan fingerprint density at radius 2 is 1.88 bits per heavy atom. The third-order valence-corrected chi connectivity index (χ3v) is 3.29. The summed E-state index contributed by atoms with van der Waals surface area (Å²) in [5, 5.41) is 3.36. The lowest BCUT2D eigenvalue weighted by Crippen LogP contribution is -2.39. The number of hydrogen-bond acceptors (Lipinski definition) is 2. The third kappa shape index (κ3) is 6.88. The Balaban J connectivity index is 1.96. The van der Waals surface area contributed by atoms with Gasteiger partial charge in [-0.2, -0.15) is 13.2 Å². The van der Waals surface area contributed by atoms with Gasteiger partial charge in [0, 0.05) is 12.6 Å². The number of halogens is 3. The highest BCUT2D eigenvalue weighted by Crippen LogP contribution is 2.23.